The second-order valence-electron chi connectivity index (χ2n) is 8.31. The summed E-state index contributed by atoms with van der Waals surface area (Å²) in [5, 5.41) is 0. The van der Waals surface area contributed by atoms with Crippen molar-refractivity contribution in [2.75, 3.05) is 0 Å². The number of hydrogen-bond donors (Lipinski definition) is 0. The van der Waals surface area contributed by atoms with E-state index in [0.717, 1.165) is 25.7 Å². The highest BCUT2D eigenvalue weighted by molar-refractivity contribution is 5.73. The average Bonchev–Trinajstić information content (AvgIpc) is 2.57. The zero-order chi connectivity index (χ0) is 17.1. The van der Waals surface area contributed by atoms with Crippen molar-refractivity contribution in [3.8, 4) is 0 Å². The first-order chi connectivity index (χ1) is 11.5. The molecule has 136 valence electrons. The number of carbonyl (C=O) groups excluding carboxylic acids is 2. The Hall–Kier alpha value is -1.06. The molecule has 2 heterocycles. The summed E-state index contributed by atoms with van der Waals surface area (Å²) < 4.78 is 10.7. The van der Waals surface area contributed by atoms with Gasteiger partial charge in [-0.2, -0.15) is 0 Å². The molecule has 2 aliphatic heterocycles. The minimum absolute atomic E-state index is 0.0261. The Balaban J connectivity index is 0.000000141. The van der Waals surface area contributed by atoms with Crippen LogP contribution in [0.25, 0.3) is 0 Å². The average molecular weight is 336 g/mol. The summed E-state index contributed by atoms with van der Waals surface area (Å²) in [6.45, 7) is 3.96. The van der Waals surface area contributed by atoms with Crippen LogP contribution in [0.2, 0.25) is 0 Å². The number of rotatable bonds is 0. The van der Waals surface area contributed by atoms with Crippen LogP contribution in [0, 0.1) is 23.7 Å². The van der Waals surface area contributed by atoms with Gasteiger partial charge in [0, 0.05) is 0 Å². The third kappa shape index (κ3) is 4.12. The van der Waals surface area contributed by atoms with E-state index in [-0.39, 0.29) is 36.0 Å². The van der Waals surface area contributed by atoms with Crippen LogP contribution in [-0.2, 0) is 19.1 Å². The summed E-state index contributed by atoms with van der Waals surface area (Å²) >= 11 is 0. The van der Waals surface area contributed by atoms with E-state index >= 15 is 0 Å². The van der Waals surface area contributed by atoms with Crippen molar-refractivity contribution in [3.05, 3.63) is 0 Å². The Bertz CT molecular complexity index is 419. The topological polar surface area (TPSA) is 52.6 Å². The maximum absolute atomic E-state index is 11.2. The zero-order valence-corrected chi connectivity index (χ0v) is 15.2. The van der Waals surface area contributed by atoms with Gasteiger partial charge in [0.05, 0.1) is 11.8 Å². The first-order valence-electron chi connectivity index (χ1n) is 9.95. The third-order valence-corrected chi connectivity index (χ3v) is 6.33. The van der Waals surface area contributed by atoms with Crippen molar-refractivity contribution in [3.63, 3.8) is 0 Å². The monoisotopic (exact) mass is 336 g/mol. The van der Waals surface area contributed by atoms with E-state index in [1.807, 2.05) is 13.8 Å². The van der Waals surface area contributed by atoms with Gasteiger partial charge in [0.25, 0.3) is 0 Å². The fourth-order valence-corrected chi connectivity index (χ4v) is 4.83. The molecule has 2 saturated carbocycles. The molecular formula is C20H32O4. The highest BCUT2D eigenvalue weighted by Crippen LogP contribution is 2.36. The van der Waals surface area contributed by atoms with Gasteiger partial charge in [-0.05, 0) is 63.2 Å². The molecule has 0 radical (unpaired) electrons. The van der Waals surface area contributed by atoms with Gasteiger partial charge < -0.3 is 9.47 Å². The molecule has 4 aliphatic rings. The largest absolute Gasteiger partial charge is 0.462 e. The normalized spacial score (nSPS) is 41.8. The first kappa shape index (κ1) is 17.8. The Morgan fingerprint density at radius 1 is 0.667 bits per heavy atom. The van der Waals surface area contributed by atoms with Crippen molar-refractivity contribution in [1.82, 2.24) is 0 Å². The van der Waals surface area contributed by atoms with Crippen molar-refractivity contribution in [2.45, 2.75) is 90.3 Å². The van der Waals surface area contributed by atoms with E-state index in [4.69, 9.17) is 9.47 Å². The minimum Gasteiger partial charge on any atom is -0.462 e. The number of fused-ring (bicyclic) bond motifs is 2. The molecular weight excluding hydrogens is 304 g/mol. The molecule has 0 amide bonds. The molecule has 2 saturated heterocycles. The van der Waals surface area contributed by atoms with Gasteiger partial charge in [0.1, 0.15) is 12.2 Å². The highest BCUT2D eigenvalue weighted by atomic mass is 16.5. The molecule has 6 atom stereocenters. The second-order valence-corrected chi connectivity index (χ2v) is 8.31. The zero-order valence-electron chi connectivity index (χ0n) is 15.2. The van der Waals surface area contributed by atoms with E-state index in [1.54, 1.807) is 0 Å². The number of ether oxygens (including phenoxy) is 2. The standard InChI is InChI=1S/2C10H16O2/c2*1-7-6-8-4-2-3-5-9(8)12-10(7)11/h2*7-9H,2-6H2,1H3/t7?,8-,9+;7?,8-,9-/m01/s1. The summed E-state index contributed by atoms with van der Waals surface area (Å²) in [5.41, 5.74) is 0. The van der Waals surface area contributed by atoms with E-state index in [2.05, 4.69) is 0 Å². The van der Waals surface area contributed by atoms with Crippen molar-refractivity contribution < 1.29 is 19.1 Å². The smallest absolute Gasteiger partial charge is 0.308 e. The molecule has 0 aromatic heterocycles. The van der Waals surface area contributed by atoms with Crippen molar-refractivity contribution in [2.24, 2.45) is 23.7 Å². The van der Waals surface area contributed by atoms with Crippen LogP contribution in [0.3, 0.4) is 0 Å². The highest BCUT2D eigenvalue weighted by Gasteiger charge is 2.37. The SMILES string of the molecule is CC1C[C@@H]2CCCC[C@H]2OC1=O.CC1C[C@H]2CCCC[C@H]2OC1=O. The molecule has 4 fully saturated rings. The van der Waals surface area contributed by atoms with Gasteiger partial charge in [-0.15, -0.1) is 0 Å². The van der Waals surface area contributed by atoms with Crippen molar-refractivity contribution in [1.29, 1.82) is 0 Å². The first-order valence-corrected chi connectivity index (χ1v) is 9.95. The lowest BCUT2D eigenvalue weighted by molar-refractivity contribution is -0.168. The van der Waals surface area contributed by atoms with E-state index in [1.165, 1.54) is 38.5 Å². The maximum atomic E-state index is 11.2. The van der Waals surface area contributed by atoms with E-state index < -0.39 is 0 Å². The molecule has 2 aliphatic carbocycles. The second kappa shape index (κ2) is 7.88. The summed E-state index contributed by atoms with van der Waals surface area (Å²) in [7, 11) is 0. The van der Waals surface area contributed by atoms with E-state index in [0.29, 0.717) is 11.8 Å². The van der Waals surface area contributed by atoms with Crippen LogP contribution in [0.4, 0.5) is 0 Å². The molecule has 2 unspecified atom stereocenters. The summed E-state index contributed by atoms with van der Waals surface area (Å²) in [4.78, 5) is 22.5. The van der Waals surface area contributed by atoms with Gasteiger partial charge >= 0.3 is 11.9 Å². The predicted molar refractivity (Wildman–Crippen MR) is 91.2 cm³/mol. The van der Waals surface area contributed by atoms with Gasteiger partial charge in [-0.1, -0.05) is 26.7 Å². The molecule has 4 nitrogen and oxygen atoms in total. The fraction of sp³-hybridized carbons (Fsp3) is 0.900. The van der Waals surface area contributed by atoms with Crippen molar-refractivity contribution >= 4 is 11.9 Å². The molecule has 0 aromatic carbocycles. The Morgan fingerprint density at radius 3 is 1.46 bits per heavy atom. The number of hydrogen-bond acceptors (Lipinski definition) is 4. The number of carbonyl (C=O) groups is 2. The molecule has 24 heavy (non-hydrogen) atoms. The Labute approximate surface area is 145 Å². The summed E-state index contributed by atoms with van der Waals surface area (Å²) in [6.07, 6.45) is 12.5. The van der Waals surface area contributed by atoms with Gasteiger partial charge in [0.2, 0.25) is 0 Å². The van der Waals surface area contributed by atoms with Crippen LogP contribution in [0.5, 0.6) is 0 Å². The van der Waals surface area contributed by atoms with Crippen LogP contribution in [-0.4, -0.2) is 24.1 Å². The molecule has 4 rings (SSSR count). The Morgan fingerprint density at radius 2 is 1.04 bits per heavy atom. The van der Waals surface area contributed by atoms with Crippen LogP contribution >= 0.6 is 0 Å². The molecule has 0 spiro atoms. The van der Waals surface area contributed by atoms with Gasteiger partial charge in [0.15, 0.2) is 0 Å². The molecule has 4 heteroatoms. The third-order valence-electron chi connectivity index (χ3n) is 6.33. The minimum atomic E-state index is 0.0261. The van der Waals surface area contributed by atoms with Crippen LogP contribution < -0.4 is 0 Å². The molecule has 0 aromatic rings. The van der Waals surface area contributed by atoms with Gasteiger partial charge in [-0.3, -0.25) is 9.59 Å². The maximum Gasteiger partial charge on any atom is 0.308 e. The Kier molecular flexibility index (Phi) is 5.83. The van der Waals surface area contributed by atoms with E-state index in [9.17, 15) is 9.59 Å². The predicted octanol–water partition coefficient (Wildman–Crippen LogP) is 4.26. The summed E-state index contributed by atoms with van der Waals surface area (Å²) in [5.74, 6) is 1.68. The van der Waals surface area contributed by atoms with Gasteiger partial charge in [-0.25, -0.2) is 0 Å². The fourth-order valence-electron chi connectivity index (χ4n) is 4.83. The van der Waals surface area contributed by atoms with Crippen LogP contribution in [0.1, 0.15) is 78.1 Å². The lowest BCUT2D eigenvalue weighted by Crippen LogP contribution is -2.38. The lowest BCUT2D eigenvalue weighted by atomic mass is 9.79. The lowest BCUT2D eigenvalue weighted by Gasteiger charge is -2.37. The molecule has 0 N–H and O–H groups in total. The summed E-state index contributed by atoms with van der Waals surface area (Å²) in [6, 6.07) is 0. The number of esters is 2. The molecule has 0 bridgehead atoms. The van der Waals surface area contributed by atoms with Crippen LogP contribution in [0.15, 0.2) is 0 Å². The quantitative estimate of drug-likeness (QED) is 0.620.